The number of nitrogens with one attached hydrogen (secondary N) is 1. The van der Waals surface area contributed by atoms with E-state index in [0.717, 1.165) is 44.1 Å². The number of piperidine rings is 3. The Bertz CT molecular complexity index is 1000. The predicted molar refractivity (Wildman–Crippen MR) is 112 cm³/mol. The lowest BCUT2D eigenvalue weighted by Crippen LogP contribution is -2.52. The number of alkyl halides is 3. The van der Waals surface area contributed by atoms with Crippen molar-refractivity contribution < 1.29 is 27.4 Å². The number of amides is 1. The van der Waals surface area contributed by atoms with E-state index in [1.54, 1.807) is 24.3 Å². The first kappa shape index (κ1) is 21.1. The van der Waals surface area contributed by atoms with Gasteiger partial charge in [-0.05, 0) is 55.1 Å². The maximum absolute atomic E-state index is 13.4. The van der Waals surface area contributed by atoms with E-state index in [2.05, 4.69) is 10.2 Å². The molecule has 1 amide bonds. The number of alkyl carbamates (subject to hydrolysis) is 1. The van der Waals surface area contributed by atoms with Gasteiger partial charge in [-0.15, -0.1) is 0 Å². The molecule has 4 aliphatic heterocycles. The van der Waals surface area contributed by atoms with Gasteiger partial charge in [-0.25, -0.2) is 4.79 Å². The molecule has 170 valence electrons. The van der Waals surface area contributed by atoms with Crippen molar-refractivity contribution >= 4 is 6.09 Å². The Hall–Kier alpha value is -2.74. The lowest BCUT2D eigenvalue weighted by molar-refractivity contribution is -0.137. The fourth-order valence-electron chi connectivity index (χ4n) is 5.05. The van der Waals surface area contributed by atoms with Crippen LogP contribution in [0.2, 0.25) is 0 Å². The van der Waals surface area contributed by atoms with Crippen LogP contribution >= 0.6 is 0 Å². The Balaban J connectivity index is 1.32. The highest BCUT2D eigenvalue weighted by Crippen LogP contribution is 2.40. The zero-order valence-corrected chi connectivity index (χ0v) is 17.5. The van der Waals surface area contributed by atoms with Crippen molar-refractivity contribution in [3.8, 4) is 16.9 Å². The fourth-order valence-corrected chi connectivity index (χ4v) is 5.05. The summed E-state index contributed by atoms with van der Waals surface area (Å²) in [6.45, 7) is 3.28. The van der Waals surface area contributed by atoms with E-state index in [1.165, 1.54) is 12.1 Å². The maximum Gasteiger partial charge on any atom is 0.417 e. The molecule has 6 rings (SSSR count). The number of ether oxygens (including phenoxy) is 2. The second-order valence-electron chi connectivity index (χ2n) is 8.71. The zero-order valence-electron chi connectivity index (χ0n) is 17.5. The van der Waals surface area contributed by atoms with Gasteiger partial charge in [-0.2, -0.15) is 13.2 Å². The average Bonchev–Trinajstić information content (AvgIpc) is 2.79. The second kappa shape index (κ2) is 8.31. The highest BCUT2D eigenvalue weighted by Gasteiger charge is 2.37. The summed E-state index contributed by atoms with van der Waals surface area (Å²) in [5.74, 6) is 0.905. The number of halogens is 3. The van der Waals surface area contributed by atoms with E-state index < -0.39 is 17.8 Å². The van der Waals surface area contributed by atoms with Crippen LogP contribution < -0.4 is 10.1 Å². The van der Waals surface area contributed by atoms with E-state index in [-0.39, 0.29) is 17.7 Å². The predicted octanol–water partition coefficient (Wildman–Crippen LogP) is 5.02. The lowest BCUT2D eigenvalue weighted by Gasteiger charge is -2.44. The highest BCUT2D eigenvalue weighted by molar-refractivity contribution is 5.72. The van der Waals surface area contributed by atoms with Crippen LogP contribution in [0.3, 0.4) is 0 Å². The Morgan fingerprint density at radius 2 is 1.88 bits per heavy atom. The SMILES string of the molecule is O=C(NC1CCOc2cc(-c3ccccc3C(F)(F)F)ccc21)O[C@@H]1CN2CCC1CC2. The highest BCUT2D eigenvalue weighted by atomic mass is 19.4. The van der Waals surface area contributed by atoms with Crippen molar-refractivity contribution in [2.45, 2.75) is 37.6 Å². The zero-order chi connectivity index (χ0) is 22.3. The molecule has 0 aromatic heterocycles. The largest absolute Gasteiger partial charge is 0.493 e. The molecule has 1 N–H and O–H groups in total. The van der Waals surface area contributed by atoms with E-state index in [4.69, 9.17) is 9.47 Å². The number of carbonyl (C=O) groups excluding carboxylic acids is 1. The van der Waals surface area contributed by atoms with Crippen LogP contribution in [0.5, 0.6) is 5.75 Å². The van der Waals surface area contributed by atoms with Crippen LogP contribution in [-0.2, 0) is 10.9 Å². The van der Waals surface area contributed by atoms with Gasteiger partial charge in [-0.3, -0.25) is 4.90 Å². The Morgan fingerprint density at radius 1 is 1.09 bits per heavy atom. The number of hydrogen-bond donors (Lipinski definition) is 1. The monoisotopic (exact) mass is 446 g/mol. The summed E-state index contributed by atoms with van der Waals surface area (Å²) in [5.41, 5.74) is 0.581. The molecule has 2 bridgehead atoms. The molecular formula is C24H25F3N2O3. The van der Waals surface area contributed by atoms with Gasteiger partial charge >= 0.3 is 12.3 Å². The quantitative estimate of drug-likeness (QED) is 0.720. The summed E-state index contributed by atoms with van der Waals surface area (Å²) in [6.07, 6.45) is -2.30. The normalized spacial score (nSPS) is 26.7. The first-order valence-corrected chi connectivity index (χ1v) is 11.0. The van der Waals surface area contributed by atoms with Crippen LogP contribution in [0, 0.1) is 5.92 Å². The number of nitrogens with zero attached hydrogens (tertiary/aromatic N) is 1. The van der Waals surface area contributed by atoms with E-state index in [1.807, 2.05) is 0 Å². The molecule has 2 aromatic rings. The molecule has 3 fully saturated rings. The number of carbonyl (C=O) groups is 1. The van der Waals surface area contributed by atoms with Crippen LogP contribution in [0.1, 0.15) is 36.4 Å². The van der Waals surface area contributed by atoms with Crippen LogP contribution in [0.15, 0.2) is 42.5 Å². The molecule has 0 radical (unpaired) electrons. The first-order valence-electron chi connectivity index (χ1n) is 11.0. The van der Waals surface area contributed by atoms with Gasteiger partial charge < -0.3 is 14.8 Å². The third-order valence-electron chi connectivity index (χ3n) is 6.74. The molecule has 1 unspecified atom stereocenters. The van der Waals surface area contributed by atoms with Crippen molar-refractivity contribution in [3.05, 3.63) is 53.6 Å². The van der Waals surface area contributed by atoms with E-state index in [0.29, 0.717) is 30.3 Å². The summed E-state index contributed by atoms with van der Waals surface area (Å²) in [6, 6.07) is 10.2. The van der Waals surface area contributed by atoms with Crippen molar-refractivity contribution in [3.63, 3.8) is 0 Å². The van der Waals surface area contributed by atoms with Gasteiger partial charge in [0.2, 0.25) is 0 Å². The molecule has 2 aromatic carbocycles. The second-order valence-corrected chi connectivity index (χ2v) is 8.71. The minimum absolute atomic E-state index is 0.0851. The van der Waals surface area contributed by atoms with Crippen molar-refractivity contribution in [2.24, 2.45) is 5.92 Å². The number of benzene rings is 2. The summed E-state index contributed by atoms with van der Waals surface area (Å²) >= 11 is 0. The Labute approximate surface area is 184 Å². The molecule has 8 heteroatoms. The third kappa shape index (κ3) is 4.16. The molecule has 4 aliphatic rings. The van der Waals surface area contributed by atoms with Gasteiger partial charge in [0, 0.05) is 18.5 Å². The molecule has 0 spiro atoms. The minimum atomic E-state index is -4.45. The first-order chi connectivity index (χ1) is 15.4. The summed E-state index contributed by atoms with van der Waals surface area (Å²) in [7, 11) is 0. The molecule has 4 heterocycles. The van der Waals surface area contributed by atoms with Gasteiger partial charge in [0.15, 0.2) is 0 Å². The summed E-state index contributed by atoms with van der Waals surface area (Å²) in [5, 5.41) is 2.94. The standard InChI is InChI=1S/C24H25F3N2O3/c25-24(26,27)19-4-2-1-3-17(19)16-5-6-18-20(9-12-31-21(18)13-16)28-23(30)32-22-14-29-10-7-15(22)8-11-29/h1-6,13,15,20,22H,7-12,14H2,(H,28,30)/t20?,22-/m1/s1. The summed E-state index contributed by atoms with van der Waals surface area (Å²) < 4.78 is 51.8. The van der Waals surface area contributed by atoms with Crippen LogP contribution in [0.4, 0.5) is 18.0 Å². The van der Waals surface area contributed by atoms with Gasteiger partial charge in [0.25, 0.3) is 0 Å². The molecule has 3 saturated heterocycles. The van der Waals surface area contributed by atoms with Gasteiger partial charge in [0.05, 0.1) is 18.2 Å². The number of rotatable bonds is 3. The van der Waals surface area contributed by atoms with E-state index in [9.17, 15) is 18.0 Å². The molecule has 0 aliphatic carbocycles. The van der Waals surface area contributed by atoms with Crippen LogP contribution in [0.25, 0.3) is 11.1 Å². The molecule has 0 saturated carbocycles. The van der Waals surface area contributed by atoms with Crippen molar-refractivity contribution in [1.82, 2.24) is 10.2 Å². The van der Waals surface area contributed by atoms with Crippen LogP contribution in [-0.4, -0.2) is 43.3 Å². The van der Waals surface area contributed by atoms with Gasteiger partial charge in [-0.1, -0.05) is 30.3 Å². The van der Waals surface area contributed by atoms with Crippen molar-refractivity contribution in [2.75, 3.05) is 26.2 Å². The Kier molecular flexibility index (Phi) is 5.49. The van der Waals surface area contributed by atoms with E-state index >= 15 is 0 Å². The number of hydrogen-bond acceptors (Lipinski definition) is 4. The molecular weight excluding hydrogens is 421 g/mol. The lowest BCUT2D eigenvalue weighted by atomic mass is 9.86. The molecule has 5 nitrogen and oxygen atoms in total. The maximum atomic E-state index is 13.4. The van der Waals surface area contributed by atoms with Gasteiger partial charge in [0.1, 0.15) is 11.9 Å². The smallest absolute Gasteiger partial charge is 0.417 e. The molecule has 32 heavy (non-hydrogen) atoms. The summed E-state index contributed by atoms with van der Waals surface area (Å²) in [4.78, 5) is 14.9. The molecule has 2 atom stereocenters. The van der Waals surface area contributed by atoms with Crippen molar-refractivity contribution in [1.29, 1.82) is 0 Å². The average molecular weight is 446 g/mol. The Morgan fingerprint density at radius 3 is 2.59 bits per heavy atom. The minimum Gasteiger partial charge on any atom is -0.493 e. The number of fused-ring (bicyclic) bond motifs is 4. The topological polar surface area (TPSA) is 50.8 Å². The fraction of sp³-hybridized carbons (Fsp3) is 0.458. The third-order valence-corrected chi connectivity index (χ3v) is 6.74.